The van der Waals surface area contributed by atoms with Gasteiger partial charge >= 0.3 is 0 Å². The molecule has 0 spiro atoms. The molecule has 29 heavy (non-hydrogen) atoms. The van der Waals surface area contributed by atoms with Crippen LogP contribution in [0.4, 0.5) is 0 Å². The van der Waals surface area contributed by atoms with Crippen molar-refractivity contribution in [1.29, 1.82) is 0 Å². The van der Waals surface area contributed by atoms with Gasteiger partial charge in [-0.15, -0.1) is 35.3 Å². The van der Waals surface area contributed by atoms with E-state index in [9.17, 15) is 0 Å². The number of ether oxygens (including phenoxy) is 1. The number of rotatable bonds is 8. The molecule has 0 amide bonds. The van der Waals surface area contributed by atoms with Gasteiger partial charge in [-0.25, -0.2) is 4.99 Å². The van der Waals surface area contributed by atoms with Crippen LogP contribution in [-0.2, 0) is 17.7 Å². The summed E-state index contributed by atoms with van der Waals surface area (Å²) in [5, 5.41) is 6.88. The molecule has 2 aromatic heterocycles. The molecule has 3 heterocycles. The van der Waals surface area contributed by atoms with E-state index in [1.807, 2.05) is 24.3 Å². The number of hydrogen-bond donors (Lipinski definition) is 2. The molecular formula is C21H33IN4O2S. The van der Waals surface area contributed by atoms with E-state index in [-0.39, 0.29) is 30.0 Å². The predicted molar refractivity (Wildman–Crippen MR) is 131 cm³/mol. The van der Waals surface area contributed by atoms with Gasteiger partial charge in [-0.05, 0) is 44.5 Å². The summed E-state index contributed by atoms with van der Waals surface area (Å²) in [5.74, 6) is 2.78. The fraction of sp³-hybridized carbons (Fsp3) is 0.571. The maximum absolute atomic E-state index is 5.95. The SMILES string of the molecule is CCNC(=NCc1ccc(CC)s1)NCC(c1ccc(C)o1)N1CCOCC1.I. The molecule has 1 unspecified atom stereocenters. The first-order valence-electron chi connectivity index (χ1n) is 10.2. The summed E-state index contributed by atoms with van der Waals surface area (Å²) in [4.78, 5) is 9.90. The van der Waals surface area contributed by atoms with Crippen LogP contribution in [0.2, 0.25) is 0 Å². The third kappa shape index (κ3) is 7.27. The van der Waals surface area contributed by atoms with Crippen LogP contribution in [0.15, 0.2) is 33.7 Å². The van der Waals surface area contributed by atoms with Gasteiger partial charge < -0.3 is 19.8 Å². The lowest BCUT2D eigenvalue weighted by Gasteiger charge is -2.33. The van der Waals surface area contributed by atoms with Crippen LogP contribution in [-0.4, -0.2) is 50.3 Å². The van der Waals surface area contributed by atoms with Crippen molar-refractivity contribution in [3.63, 3.8) is 0 Å². The number of aryl methyl sites for hydroxylation is 2. The number of nitrogens with zero attached hydrogens (tertiary/aromatic N) is 2. The summed E-state index contributed by atoms with van der Waals surface area (Å²) in [6.07, 6.45) is 1.08. The van der Waals surface area contributed by atoms with Gasteiger partial charge in [-0.2, -0.15) is 0 Å². The highest BCUT2D eigenvalue weighted by molar-refractivity contribution is 14.0. The standard InChI is InChI=1S/C21H32N4O2S.HI/c1-4-17-7-8-18(28-17)14-23-21(22-5-2)24-15-19(20-9-6-16(3)27-20)25-10-12-26-13-11-25;/h6-9,19H,4-5,10-15H2,1-3H3,(H2,22,23,24);1H. The zero-order valence-electron chi connectivity index (χ0n) is 17.6. The average Bonchev–Trinajstić information content (AvgIpc) is 3.36. The van der Waals surface area contributed by atoms with Crippen LogP contribution < -0.4 is 10.6 Å². The maximum Gasteiger partial charge on any atom is 0.191 e. The molecule has 8 heteroatoms. The molecule has 0 bridgehead atoms. The highest BCUT2D eigenvalue weighted by atomic mass is 127. The Morgan fingerprint density at radius 2 is 1.90 bits per heavy atom. The zero-order valence-corrected chi connectivity index (χ0v) is 20.7. The first-order chi connectivity index (χ1) is 13.7. The van der Waals surface area contributed by atoms with Crippen molar-refractivity contribution in [2.45, 2.75) is 39.8 Å². The predicted octanol–water partition coefficient (Wildman–Crippen LogP) is 3.96. The number of morpholine rings is 1. The minimum absolute atomic E-state index is 0. The van der Waals surface area contributed by atoms with Gasteiger partial charge in [-0.3, -0.25) is 4.90 Å². The lowest BCUT2D eigenvalue weighted by molar-refractivity contribution is 0.0124. The average molecular weight is 532 g/mol. The summed E-state index contributed by atoms with van der Waals surface area (Å²) in [6, 6.07) is 8.65. The van der Waals surface area contributed by atoms with Gasteiger partial charge in [0.15, 0.2) is 5.96 Å². The van der Waals surface area contributed by atoms with E-state index >= 15 is 0 Å². The van der Waals surface area contributed by atoms with Gasteiger partial charge in [0, 0.05) is 35.9 Å². The van der Waals surface area contributed by atoms with Crippen LogP contribution in [0.1, 0.15) is 41.2 Å². The van der Waals surface area contributed by atoms with Crippen molar-refractivity contribution in [2.75, 3.05) is 39.4 Å². The molecule has 2 N–H and O–H groups in total. The zero-order chi connectivity index (χ0) is 19.8. The molecule has 0 saturated carbocycles. The molecule has 0 aromatic carbocycles. The molecule has 1 aliphatic heterocycles. The second-order valence-electron chi connectivity index (χ2n) is 6.91. The highest BCUT2D eigenvalue weighted by Crippen LogP contribution is 2.23. The monoisotopic (exact) mass is 532 g/mol. The minimum Gasteiger partial charge on any atom is -0.465 e. The van der Waals surface area contributed by atoms with Crippen molar-refractivity contribution in [3.05, 3.63) is 45.5 Å². The molecular weight excluding hydrogens is 499 g/mol. The Kier molecular flexibility index (Phi) is 10.5. The number of halogens is 1. The Morgan fingerprint density at radius 3 is 2.52 bits per heavy atom. The normalized spacial score (nSPS) is 16.3. The fourth-order valence-corrected chi connectivity index (χ4v) is 4.20. The third-order valence-electron chi connectivity index (χ3n) is 4.84. The lowest BCUT2D eigenvalue weighted by atomic mass is 10.1. The molecule has 0 aliphatic carbocycles. The number of thiophene rings is 1. The molecule has 1 fully saturated rings. The number of hydrogen-bond acceptors (Lipinski definition) is 5. The van der Waals surface area contributed by atoms with Crippen molar-refractivity contribution in [2.24, 2.45) is 4.99 Å². The Morgan fingerprint density at radius 1 is 1.14 bits per heavy atom. The quantitative estimate of drug-likeness (QED) is 0.306. The topological polar surface area (TPSA) is 62.0 Å². The Balaban J connectivity index is 0.00000300. The van der Waals surface area contributed by atoms with E-state index in [1.54, 1.807) is 0 Å². The van der Waals surface area contributed by atoms with Crippen LogP contribution >= 0.6 is 35.3 Å². The summed E-state index contributed by atoms with van der Waals surface area (Å²) in [6.45, 7) is 11.9. The van der Waals surface area contributed by atoms with Crippen LogP contribution in [0.3, 0.4) is 0 Å². The molecule has 0 radical (unpaired) electrons. The first kappa shape index (κ1) is 24.2. The van der Waals surface area contributed by atoms with E-state index in [4.69, 9.17) is 14.1 Å². The summed E-state index contributed by atoms with van der Waals surface area (Å²) < 4.78 is 11.5. The van der Waals surface area contributed by atoms with E-state index in [1.165, 1.54) is 9.75 Å². The van der Waals surface area contributed by atoms with Crippen molar-refractivity contribution in [1.82, 2.24) is 15.5 Å². The highest BCUT2D eigenvalue weighted by Gasteiger charge is 2.25. The molecule has 3 rings (SSSR count). The first-order valence-corrected chi connectivity index (χ1v) is 11.0. The largest absolute Gasteiger partial charge is 0.465 e. The second-order valence-corrected chi connectivity index (χ2v) is 8.16. The summed E-state index contributed by atoms with van der Waals surface area (Å²) >= 11 is 1.84. The van der Waals surface area contributed by atoms with Gasteiger partial charge in [0.25, 0.3) is 0 Å². The third-order valence-corrected chi connectivity index (χ3v) is 6.06. The van der Waals surface area contributed by atoms with E-state index in [2.05, 4.69) is 47.6 Å². The molecule has 1 atom stereocenters. The van der Waals surface area contributed by atoms with Gasteiger partial charge in [0.1, 0.15) is 11.5 Å². The van der Waals surface area contributed by atoms with Crippen LogP contribution in [0.5, 0.6) is 0 Å². The van der Waals surface area contributed by atoms with Gasteiger partial charge in [-0.1, -0.05) is 6.92 Å². The minimum atomic E-state index is 0. The Bertz CT molecular complexity index is 755. The molecule has 1 saturated heterocycles. The number of aliphatic imine (C=N–C) groups is 1. The fourth-order valence-electron chi connectivity index (χ4n) is 3.32. The van der Waals surface area contributed by atoms with E-state index in [0.29, 0.717) is 6.54 Å². The summed E-state index contributed by atoms with van der Waals surface area (Å²) in [5.41, 5.74) is 0. The summed E-state index contributed by atoms with van der Waals surface area (Å²) in [7, 11) is 0. The van der Waals surface area contributed by atoms with Crippen LogP contribution in [0.25, 0.3) is 0 Å². The molecule has 6 nitrogen and oxygen atoms in total. The van der Waals surface area contributed by atoms with Crippen LogP contribution in [0, 0.1) is 6.92 Å². The van der Waals surface area contributed by atoms with Crippen molar-refractivity contribution < 1.29 is 9.15 Å². The number of guanidine groups is 1. The molecule has 2 aromatic rings. The van der Waals surface area contributed by atoms with Crippen molar-refractivity contribution in [3.8, 4) is 0 Å². The number of furan rings is 1. The maximum atomic E-state index is 5.95. The smallest absolute Gasteiger partial charge is 0.191 e. The van der Waals surface area contributed by atoms with E-state index in [0.717, 1.165) is 63.3 Å². The number of nitrogens with one attached hydrogen (secondary N) is 2. The van der Waals surface area contributed by atoms with Gasteiger partial charge in [0.2, 0.25) is 0 Å². The van der Waals surface area contributed by atoms with E-state index < -0.39 is 0 Å². The second kappa shape index (κ2) is 12.6. The lowest BCUT2D eigenvalue weighted by Crippen LogP contribution is -2.46. The molecule has 162 valence electrons. The Labute approximate surface area is 195 Å². The Hall–Kier alpha value is -1.10. The molecule has 1 aliphatic rings. The van der Waals surface area contributed by atoms with Crippen molar-refractivity contribution >= 4 is 41.3 Å². The van der Waals surface area contributed by atoms with Gasteiger partial charge in [0.05, 0.1) is 25.8 Å².